The van der Waals surface area contributed by atoms with E-state index in [1.54, 1.807) is 0 Å². The number of hydrogen-bond donors (Lipinski definition) is 2. The molecule has 1 heterocycles. The van der Waals surface area contributed by atoms with Crippen molar-refractivity contribution in [2.24, 2.45) is 5.41 Å². The molecule has 0 amide bonds. The van der Waals surface area contributed by atoms with Gasteiger partial charge in [-0.25, -0.2) is 0 Å². The average Bonchev–Trinajstić information content (AvgIpc) is 3.07. The van der Waals surface area contributed by atoms with Crippen LogP contribution in [0.3, 0.4) is 0 Å². The van der Waals surface area contributed by atoms with Gasteiger partial charge in [0, 0.05) is 24.8 Å². The molecule has 102 valence electrons. The number of nitrogens with one attached hydrogen (secondary N) is 2. The number of benzene rings is 1. The summed E-state index contributed by atoms with van der Waals surface area (Å²) in [6.07, 6.45) is 8.98. The largest absolute Gasteiger partial charge is 0.361 e. The summed E-state index contributed by atoms with van der Waals surface area (Å²) in [6.45, 7) is 4.50. The standard InChI is InChI=1S/C17H24N2/c1-2-17(8-3-4-9-17)13-18-12-14-5-6-15-7-10-19-16(15)11-14/h5-7,10-11,18-19H,2-4,8-9,12-13H2,1H3. The molecule has 0 radical (unpaired) electrons. The van der Waals surface area contributed by atoms with Crippen molar-refractivity contribution >= 4 is 10.9 Å². The van der Waals surface area contributed by atoms with Crippen molar-refractivity contribution in [1.82, 2.24) is 10.3 Å². The molecular formula is C17H24N2. The van der Waals surface area contributed by atoms with E-state index in [1.807, 2.05) is 6.20 Å². The van der Waals surface area contributed by atoms with Crippen LogP contribution in [0.25, 0.3) is 10.9 Å². The second-order valence-corrected chi connectivity index (χ2v) is 6.06. The first-order valence-electron chi connectivity index (χ1n) is 7.58. The van der Waals surface area contributed by atoms with Crippen molar-refractivity contribution in [2.45, 2.75) is 45.6 Å². The average molecular weight is 256 g/mol. The Labute approximate surface area is 115 Å². The first kappa shape index (κ1) is 12.7. The fourth-order valence-corrected chi connectivity index (χ4v) is 3.46. The van der Waals surface area contributed by atoms with Crippen LogP contribution in [0.15, 0.2) is 30.5 Å². The van der Waals surface area contributed by atoms with Gasteiger partial charge < -0.3 is 10.3 Å². The number of rotatable bonds is 5. The minimum atomic E-state index is 0.580. The van der Waals surface area contributed by atoms with Gasteiger partial charge in [0.05, 0.1) is 0 Å². The van der Waals surface area contributed by atoms with E-state index >= 15 is 0 Å². The van der Waals surface area contributed by atoms with E-state index in [4.69, 9.17) is 0 Å². The van der Waals surface area contributed by atoms with Gasteiger partial charge in [0.2, 0.25) is 0 Å². The van der Waals surface area contributed by atoms with Gasteiger partial charge in [0.25, 0.3) is 0 Å². The molecule has 2 heteroatoms. The number of aromatic amines is 1. The Balaban J connectivity index is 1.59. The van der Waals surface area contributed by atoms with Gasteiger partial charge in [0.15, 0.2) is 0 Å². The molecule has 2 nitrogen and oxygen atoms in total. The van der Waals surface area contributed by atoms with Crippen LogP contribution in [0.2, 0.25) is 0 Å². The van der Waals surface area contributed by atoms with Crippen LogP contribution in [0.1, 0.15) is 44.6 Å². The fraction of sp³-hybridized carbons (Fsp3) is 0.529. The van der Waals surface area contributed by atoms with E-state index in [2.05, 4.69) is 41.5 Å². The van der Waals surface area contributed by atoms with Crippen molar-refractivity contribution in [1.29, 1.82) is 0 Å². The number of H-pyrrole nitrogens is 1. The van der Waals surface area contributed by atoms with Crippen molar-refractivity contribution in [3.8, 4) is 0 Å². The molecule has 1 aromatic carbocycles. The quantitative estimate of drug-likeness (QED) is 0.823. The summed E-state index contributed by atoms with van der Waals surface area (Å²) in [5, 5.41) is 4.97. The lowest BCUT2D eigenvalue weighted by Gasteiger charge is -2.27. The molecular weight excluding hydrogens is 232 g/mol. The maximum Gasteiger partial charge on any atom is 0.0457 e. The Hall–Kier alpha value is -1.28. The highest BCUT2D eigenvalue weighted by Crippen LogP contribution is 2.40. The zero-order valence-corrected chi connectivity index (χ0v) is 11.8. The summed E-state index contributed by atoms with van der Waals surface area (Å²) < 4.78 is 0. The van der Waals surface area contributed by atoms with Crippen molar-refractivity contribution in [2.75, 3.05) is 6.54 Å². The van der Waals surface area contributed by atoms with Crippen LogP contribution in [0.4, 0.5) is 0 Å². The van der Waals surface area contributed by atoms with E-state index in [9.17, 15) is 0 Å². The molecule has 0 atom stereocenters. The van der Waals surface area contributed by atoms with Crippen LogP contribution < -0.4 is 5.32 Å². The molecule has 1 saturated carbocycles. The zero-order valence-electron chi connectivity index (χ0n) is 11.8. The molecule has 2 aromatic rings. The van der Waals surface area contributed by atoms with Gasteiger partial charge in [-0.2, -0.15) is 0 Å². The Bertz CT molecular complexity index is 535. The Morgan fingerprint density at radius 1 is 1.21 bits per heavy atom. The molecule has 19 heavy (non-hydrogen) atoms. The highest BCUT2D eigenvalue weighted by atomic mass is 14.9. The summed E-state index contributed by atoms with van der Waals surface area (Å²) in [4.78, 5) is 3.28. The number of aromatic nitrogens is 1. The summed E-state index contributed by atoms with van der Waals surface area (Å²) in [5.74, 6) is 0. The molecule has 0 bridgehead atoms. The summed E-state index contributed by atoms with van der Waals surface area (Å²) in [5.41, 5.74) is 3.20. The van der Waals surface area contributed by atoms with Gasteiger partial charge in [-0.05, 0) is 47.8 Å². The maximum absolute atomic E-state index is 3.68. The highest BCUT2D eigenvalue weighted by molar-refractivity contribution is 5.79. The number of hydrogen-bond acceptors (Lipinski definition) is 1. The maximum atomic E-state index is 3.68. The number of fused-ring (bicyclic) bond motifs is 1. The summed E-state index contributed by atoms with van der Waals surface area (Å²) >= 11 is 0. The third-order valence-corrected chi connectivity index (χ3v) is 4.86. The third kappa shape index (κ3) is 2.69. The second-order valence-electron chi connectivity index (χ2n) is 6.06. The lowest BCUT2D eigenvalue weighted by molar-refractivity contribution is 0.268. The van der Waals surface area contributed by atoms with E-state index < -0.39 is 0 Å². The van der Waals surface area contributed by atoms with E-state index in [0.717, 1.165) is 6.54 Å². The predicted molar refractivity (Wildman–Crippen MR) is 81.2 cm³/mol. The van der Waals surface area contributed by atoms with E-state index in [0.29, 0.717) is 5.41 Å². The topological polar surface area (TPSA) is 27.8 Å². The minimum Gasteiger partial charge on any atom is -0.361 e. The third-order valence-electron chi connectivity index (χ3n) is 4.86. The van der Waals surface area contributed by atoms with E-state index in [-0.39, 0.29) is 0 Å². The normalized spacial score (nSPS) is 18.2. The van der Waals surface area contributed by atoms with Gasteiger partial charge in [-0.1, -0.05) is 31.9 Å². The first-order valence-corrected chi connectivity index (χ1v) is 7.58. The molecule has 1 aliphatic carbocycles. The lowest BCUT2D eigenvalue weighted by atomic mass is 9.83. The van der Waals surface area contributed by atoms with E-state index in [1.165, 1.54) is 55.1 Å². The van der Waals surface area contributed by atoms with Crippen LogP contribution in [-0.4, -0.2) is 11.5 Å². The van der Waals surface area contributed by atoms with Crippen molar-refractivity contribution in [3.63, 3.8) is 0 Å². The monoisotopic (exact) mass is 256 g/mol. The van der Waals surface area contributed by atoms with Crippen LogP contribution in [0.5, 0.6) is 0 Å². The SMILES string of the molecule is CCC1(CNCc2ccc3cc[nH]c3c2)CCCC1. The molecule has 1 aromatic heterocycles. The molecule has 0 saturated heterocycles. The minimum absolute atomic E-state index is 0.580. The highest BCUT2D eigenvalue weighted by Gasteiger charge is 2.31. The van der Waals surface area contributed by atoms with Gasteiger partial charge in [0.1, 0.15) is 0 Å². The van der Waals surface area contributed by atoms with Crippen LogP contribution in [-0.2, 0) is 6.54 Å². The smallest absolute Gasteiger partial charge is 0.0457 e. The summed E-state index contributed by atoms with van der Waals surface area (Å²) in [7, 11) is 0. The fourth-order valence-electron chi connectivity index (χ4n) is 3.46. The van der Waals surface area contributed by atoms with Crippen LogP contribution in [0, 0.1) is 5.41 Å². The molecule has 2 N–H and O–H groups in total. The molecule has 1 fully saturated rings. The van der Waals surface area contributed by atoms with Crippen molar-refractivity contribution in [3.05, 3.63) is 36.0 Å². The Morgan fingerprint density at radius 2 is 2.05 bits per heavy atom. The van der Waals surface area contributed by atoms with Gasteiger partial charge in [-0.15, -0.1) is 0 Å². The molecule has 0 unspecified atom stereocenters. The zero-order chi connectivity index (χ0) is 13.1. The molecule has 0 spiro atoms. The van der Waals surface area contributed by atoms with Crippen molar-refractivity contribution < 1.29 is 0 Å². The van der Waals surface area contributed by atoms with Gasteiger partial charge in [-0.3, -0.25) is 0 Å². The molecule has 3 rings (SSSR count). The molecule has 1 aliphatic rings. The Kier molecular flexibility index (Phi) is 3.61. The molecule has 0 aliphatic heterocycles. The summed E-state index contributed by atoms with van der Waals surface area (Å²) in [6, 6.07) is 8.82. The van der Waals surface area contributed by atoms with Crippen LogP contribution >= 0.6 is 0 Å². The lowest BCUT2D eigenvalue weighted by Crippen LogP contribution is -2.31. The predicted octanol–water partition coefficient (Wildman–Crippen LogP) is 4.23. The second kappa shape index (κ2) is 5.38. The van der Waals surface area contributed by atoms with Gasteiger partial charge >= 0.3 is 0 Å². The Morgan fingerprint density at radius 3 is 2.84 bits per heavy atom. The first-order chi connectivity index (χ1) is 9.31.